The molecule has 3 atom stereocenters. The van der Waals surface area contributed by atoms with Gasteiger partial charge in [-0.05, 0) is 45.7 Å². The van der Waals surface area contributed by atoms with Crippen LogP contribution < -0.4 is 10.6 Å². The van der Waals surface area contributed by atoms with Crippen LogP contribution in [-0.2, 0) is 4.74 Å². The van der Waals surface area contributed by atoms with Gasteiger partial charge < -0.3 is 20.5 Å². The molecule has 1 amide bonds. The summed E-state index contributed by atoms with van der Waals surface area (Å²) in [5, 5.41) is 15.5. The predicted octanol–water partition coefficient (Wildman–Crippen LogP) is 3.34. The molecule has 0 aromatic heterocycles. The number of benzene rings is 1. The molecule has 0 bridgehead atoms. The van der Waals surface area contributed by atoms with Crippen LogP contribution in [0.2, 0.25) is 0 Å². The van der Waals surface area contributed by atoms with E-state index in [-0.39, 0.29) is 23.3 Å². The number of alkyl carbamates (subject to hydrolysis) is 1. The van der Waals surface area contributed by atoms with Crippen molar-refractivity contribution < 1.29 is 24.2 Å². The number of carboxylic acids is 1. The molecule has 154 valence electrons. The Bertz CT molecular complexity index is 754. The van der Waals surface area contributed by atoms with Crippen molar-refractivity contribution in [2.24, 2.45) is 0 Å². The zero-order valence-electron chi connectivity index (χ0n) is 17.2. The summed E-state index contributed by atoms with van der Waals surface area (Å²) >= 11 is 0. The number of aromatic carboxylic acids is 1. The van der Waals surface area contributed by atoms with E-state index >= 15 is 0 Å². The first kappa shape index (κ1) is 21.9. The number of hydrogen-bond donors (Lipinski definition) is 3. The number of ether oxygens (including phenoxy) is 1. The Labute approximate surface area is 165 Å². The fourth-order valence-corrected chi connectivity index (χ4v) is 3.38. The van der Waals surface area contributed by atoms with Crippen LogP contribution in [0, 0.1) is 0 Å². The molecule has 2 rings (SSSR count). The second-order valence-electron chi connectivity index (χ2n) is 8.23. The summed E-state index contributed by atoms with van der Waals surface area (Å²) in [5.74, 6) is -1.41. The van der Waals surface area contributed by atoms with Crippen LogP contribution >= 0.6 is 0 Å². The number of rotatable bonds is 7. The first-order valence-corrected chi connectivity index (χ1v) is 9.68. The topological polar surface area (TPSA) is 105 Å². The Balaban J connectivity index is 2.37. The minimum atomic E-state index is -1.06. The second-order valence-corrected chi connectivity index (χ2v) is 8.23. The van der Waals surface area contributed by atoms with E-state index in [4.69, 9.17) is 4.74 Å². The standard InChI is InChI=1S/C21H30N2O5/c1-6-8-16(23-20(27)28-21(3,4)5)18(24)13-9-7-10-14(19(25)26)17(13)15-11-22-12(15)2/h7,9-10,12,15-16,22H,6,8,11H2,1-5H3,(H,23,27)(H,25,26)/t12-,15+,16+/m1/s1. The van der Waals surface area contributed by atoms with Crippen LogP contribution in [-0.4, -0.2) is 47.2 Å². The lowest BCUT2D eigenvalue weighted by molar-refractivity contribution is 0.0487. The van der Waals surface area contributed by atoms with Crippen molar-refractivity contribution in [1.29, 1.82) is 0 Å². The highest BCUT2D eigenvalue weighted by Crippen LogP contribution is 2.32. The van der Waals surface area contributed by atoms with Crippen LogP contribution in [0.4, 0.5) is 4.79 Å². The fraction of sp³-hybridized carbons (Fsp3) is 0.571. The zero-order chi connectivity index (χ0) is 21.1. The highest BCUT2D eigenvalue weighted by Gasteiger charge is 2.36. The van der Waals surface area contributed by atoms with Crippen LogP contribution in [0.3, 0.4) is 0 Å². The Kier molecular flexibility index (Phi) is 6.82. The van der Waals surface area contributed by atoms with E-state index in [1.165, 1.54) is 6.07 Å². The molecule has 0 saturated carbocycles. The lowest BCUT2D eigenvalue weighted by atomic mass is 9.79. The summed E-state index contributed by atoms with van der Waals surface area (Å²) in [4.78, 5) is 37.3. The van der Waals surface area contributed by atoms with Gasteiger partial charge in [0.1, 0.15) is 5.60 Å². The Morgan fingerprint density at radius 1 is 1.29 bits per heavy atom. The van der Waals surface area contributed by atoms with E-state index in [2.05, 4.69) is 10.6 Å². The SMILES string of the molecule is CCC[C@H](NC(=O)OC(C)(C)C)C(=O)c1cccc(C(=O)O)c1[C@H]1CN[C@@H]1C. The number of carbonyl (C=O) groups is 3. The van der Waals surface area contributed by atoms with Crippen molar-refractivity contribution in [3.05, 3.63) is 34.9 Å². The largest absolute Gasteiger partial charge is 0.478 e. The average Bonchev–Trinajstić information content (AvgIpc) is 2.57. The monoisotopic (exact) mass is 390 g/mol. The lowest BCUT2D eigenvalue weighted by Gasteiger charge is -2.38. The molecule has 1 aromatic carbocycles. The summed E-state index contributed by atoms with van der Waals surface area (Å²) in [5.41, 5.74) is 0.355. The zero-order valence-corrected chi connectivity index (χ0v) is 17.2. The molecule has 0 aliphatic carbocycles. The third-order valence-corrected chi connectivity index (χ3v) is 4.82. The molecule has 0 unspecified atom stereocenters. The summed E-state index contributed by atoms with van der Waals surface area (Å²) in [7, 11) is 0. The molecule has 1 heterocycles. The van der Waals surface area contributed by atoms with Gasteiger partial charge in [-0.2, -0.15) is 0 Å². The molecular weight excluding hydrogens is 360 g/mol. The number of hydrogen-bond acceptors (Lipinski definition) is 5. The molecule has 1 fully saturated rings. The third kappa shape index (κ3) is 5.10. The first-order chi connectivity index (χ1) is 13.0. The fourth-order valence-electron chi connectivity index (χ4n) is 3.38. The van der Waals surface area contributed by atoms with E-state index in [1.807, 2.05) is 13.8 Å². The molecule has 1 saturated heterocycles. The van der Waals surface area contributed by atoms with Gasteiger partial charge >= 0.3 is 12.1 Å². The highest BCUT2D eigenvalue weighted by molar-refractivity contribution is 6.05. The van der Waals surface area contributed by atoms with Crippen molar-refractivity contribution in [2.75, 3.05) is 6.54 Å². The molecule has 7 nitrogen and oxygen atoms in total. The minimum Gasteiger partial charge on any atom is -0.478 e. The summed E-state index contributed by atoms with van der Waals surface area (Å²) < 4.78 is 5.28. The number of nitrogens with one attached hydrogen (secondary N) is 2. The predicted molar refractivity (Wildman–Crippen MR) is 106 cm³/mol. The minimum absolute atomic E-state index is 0.0601. The normalized spacial score (nSPS) is 20.0. The molecule has 1 aliphatic rings. The molecule has 0 radical (unpaired) electrons. The maximum atomic E-state index is 13.3. The Hall–Kier alpha value is -2.41. The number of ketones is 1. The maximum absolute atomic E-state index is 13.3. The molecule has 28 heavy (non-hydrogen) atoms. The van der Waals surface area contributed by atoms with Gasteiger partial charge in [0, 0.05) is 24.1 Å². The van der Waals surface area contributed by atoms with Crippen LogP contribution in [0.15, 0.2) is 18.2 Å². The lowest BCUT2D eigenvalue weighted by Crippen LogP contribution is -2.50. The maximum Gasteiger partial charge on any atom is 0.408 e. The summed E-state index contributed by atoms with van der Waals surface area (Å²) in [6.45, 7) is 9.75. The smallest absolute Gasteiger partial charge is 0.408 e. The number of carbonyl (C=O) groups excluding carboxylic acids is 2. The van der Waals surface area contributed by atoms with Gasteiger partial charge in [-0.1, -0.05) is 25.5 Å². The summed E-state index contributed by atoms with van der Waals surface area (Å²) in [6.07, 6.45) is 0.461. The van der Waals surface area contributed by atoms with Crippen molar-refractivity contribution in [3.8, 4) is 0 Å². The van der Waals surface area contributed by atoms with Crippen molar-refractivity contribution in [1.82, 2.24) is 10.6 Å². The van der Waals surface area contributed by atoms with Crippen molar-refractivity contribution in [2.45, 2.75) is 71.1 Å². The van der Waals surface area contributed by atoms with E-state index in [1.54, 1.807) is 32.9 Å². The van der Waals surface area contributed by atoms with Crippen LogP contribution in [0.25, 0.3) is 0 Å². The average molecular weight is 390 g/mol. The van der Waals surface area contributed by atoms with Crippen LogP contribution in [0.5, 0.6) is 0 Å². The number of amides is 1. The molecule has 1 aromatic rings. The quantitative estimate of drug-likeness (QED) is 0.617. The Morgan fingerprint density at radius 3 is 2.39 bits per heavy atom. The summed E-state index contributed by atoms with van der Waals surface area (Å²) in [6, 6.07) is 4.05. The van der Waals surface area contributed by atoms with Crippen molar-refractivity contribution in [3.63, 3.8) is 0 Å². The number of Topliss-reactive ketones (excluding diaryl/α,β-unsaturated/α-hetero) is 1. The first-order valence-electron chi connectivity index (χ1n) is 9.68. The molecule has 0 spiro atoms. The van der Waals surface area contributed by atoms with Gasteiger partial charge in [-0.25, -0.2) is 9.59 Å². The second kappa shape index (κ2) is 8.73. The molecule has 3 N–H and O–H groups in total. The van der Waals surface area contributed by atoms with Gasteiger partial charge in [-0.3, -0.25) is 4.79 Å². The van der Waals surface area contributed by atoms with Crippen molar-refractivity contribution >= 4 is 17.8 Å². The Morgan fingerprint density at radius 2 is 1.93 bits per heavy atom. The molecule has 1 aliphatic heterocycles. The van der Waals surface area contributed by atoms with Gasteiger partial charge in [0.25, 0.3) is 0 Å². The van der Waals surface area contributed by atoms with Crippen LogP contribution in [0.1, 0.15) is 79.7 Å². The van der Waals surface area contributed by atoms with Gasteiger partial charge in [0.05, 0.1) is 11.6 Å². The van der Waals surface area contributed by atoms with Gasteiger partial charge in [0.15, 0.2) is 5.78 Å². The highest BCUT2D eigenvalue weighted by atomic mass is 16.6. The van der Waals surface area contributed by atoms with E-state index in [9.17, 15) is 19.5 Å². The van der Waals surface area contributed by atoms with E-state index < -0.39 is 23.7 Å². The third-order valence-electron chi connectivity index (χ3n) is 4.82. The molecule has 7 heteroatoms. The number of carboxylic acid groups (broad SMARTS) is 1. The van der Waals surface area contributed by atoms with E-state index in [0.717, 1.165) is 0 Å². The molecular formula is C21H30N2O5. The van der Waals surface area contributed by atoms with E-state index in [0.29, 0.717) is 30.5 Å². The van der Waals surface area contributed by atoms with Gasteiger partial charge in [-0.15, -0.1) is 0 Å². The van der Waals surface area contributed by atoms with Gasteiger partial charge in [0.2, 0.25) is 0 Å².